The van der Waals surface area contributed by atoms with Gasteiger partial charge in [-0.15, -0.1) is 0 Å². The molecule has 0 bridgehead atoms. The SMILES string of the molecule is CCc1ccc(N=C2S/C(=C\c3cc(C)ccc3C)C(=O)N2c2ccc(CC)cc2)cc1. The van der Waals surface area contributed by atoms with Crippen LogP contribution in [0, 0.1) is 13.8 Å². The van der Waals surface area contributed by atoms with Gasteiger partial charge < -0.3 is 0 Å². The average Bonchev–Trinajstić information content (AvgIpc) is 3.11. The maximum atomic E-state index is 13.5. The summed E-state index contributed by atoms with van der Waals surface area (Å²) in [5, 5.41) is 0.681. The lowest BCUT2D eigenvalue weighted by atomic mass is 10.1. The van der Waals surface area contributed by atoms with Gasteiger partial charge >= 0.3 is 0 Å². The number of carbonyl (C=O) groups is 1. The van der Waals surface area contributed by atoms with Crippen LogP contribution in [0.4, 0.5) is 11.4 Å². The van der Waals surface area contributed by atoms with E-state index < -0.39 is 0 Å². The Balaban J connectivity index is 1.77. The molecular formula is C28H28N2OS. The van der Waals surface area contributed by atoms with Crippen molar-refractivity contribution < 1.29 is 4.79 Å². The van der Waals surface area contributed by atoms with Crippen LogP contribution < -0.4 is 4.90 Å². The molecular weight excluding hydrogens is 412 g/mol. The highest BCUT2D eigenvalue weighted by atomic mass is 32.2. The van der Waals surface area contributed by atoms with E-state index in [0.717, 1.165) is 35.3 Å². The molecule has 0 saturated carbocycles. The third-order valence-electron chi connectivity index (χ3n) is 5.70. The van der Waals surface area contributed by atoms with Crippen molar-refractivity contribution in [2.45, 2.75) is 40.5 Å². The number of amides is 1. The highest BCUT2D eigenvalue weighted by Gasteiger charge is 2.34. The Morgan fingerprint density at radius 3 is 2.12 bits per heavy atom. The summed E-state index contributed by atoms with van der Waals surface area (Å²) < 4.78 is 0. The molecule has 0 aromatic heterocycles. The summed E-state index contributed by atoms with van der Waals surface area (Å²) in [6.07, 6.45) is 3.94. The lowest BCUT2D eigenvalue weighted by Crippen LogP contribution is -2.28. The highest BCUT2D eigenvalue weighted by Crippen LogP contribution is 2.37. The van der Waals surface area contributed by atoms with Crippen LogP contribution >= 0.6 is 11.8 Å². The number of hydrogen-bond donors (Lipinski definition) is 0. The van der Waals surface area contributed by atoms with Crippen molar-refractivity contribution in [2.75, 3.05) is 4.90 Å². The average molecular weight is 441 g/mol. The first-order valence-electron chi connectivity index (χ1n) is 11.1. The number of hydrogen-bond acceptors (Lipinski definition) is 3. The van der Waals surface area contributed by atoms with Crippen LogP contribution in [-0.4, -0.2) is 11.1 Å². The maximum Gasteiger partial charge on any atom is 0.271 e. The van der Waals surface area contributed by atoms with Crippen LogP contribution in [0.25, 0.3) is 6.08 Å². The van der Waals surface area contributed by atoms with E-state index in [2.05, 4.69) is 70.2 Å². The van der Waals surface area contributed by atoms with E-state index in [1.807, 2.05) is 30.3 Å². The Labute approximate surface area is 194 Å². The predicted octanol–water partition coefficient (Wildman–Crippen LogP) is 7.24. The molecule has 0 spiro atoms. The molecule has 1 aliphatic heterocycles. The molecule has 3 nitrogen and oxygen atoms in total. The van der Waals surface area contributed by atoms with Gasteiger partial charge in [-0.05, 0) is 91.0 Å². The number of thioether (sulfide) groups is 1. The van der Waals surface area contributed by atoms with Crippen molar-refractivity contribution in [2.24, 2.45) is 4.99 Å². The van der Waals surface area contributed by atoms with Crippen LogP contribution in [0.3, 0.4) is 0 Å². The lowest BCUT2D eigenvalue weighted by molar-refractivity contribution is -0.113. The summed E-state index contributed by atoms with van der Waals surface area (Å²) in [5.41, 5.74) is 7.59. The van der Waals surface area contributed by atoms with Crippen molar-refractivity contribution in [1.82, 2.24) is 0 Å². The summed E-state index contributed by atoms with van der Waals surface area (Å²) in [6, 6.07) is 22.7. The van der Waals surface area contributed by atoms with Gasteiger partial charge in [-0.1, -0.05) is 61.9 Å². The summed E-state index contributed by atoms with van der Waals surface area (Å²) in [7, 11) is 0. The fraction of sp³-hybridized carbons (Fsp3) is 0.214. The number of benzene rings is 3. The van der Waals surface area contributed by atoms with E-state index in [-0.39, 0.29) is 5.91 Å². The number of anilines is 1. The first kappa shape index (κ1) is 22.1. The number of aliphatic imine (C=N–C) groups is 1. The summed E-state index contributed by atoms with van der Waals surface area (Å²) in [5.74, 6) is -0.0379. The molecule has 0 atom stereocenters. The van der Waals surface area contributed by atoms with E-state index in [1.54, 1.807) is 4.90 Å². The summed E-state index contributed by atoms with van der Waals surface area (Å²) in [4.78, 5) is 20.8. The Morgan fingerprint density at radius 1 is 0.875 bits per heavy atom. The molecule has 4 rings (SSSR count). The van der Waals surface area contributed by atoms with Gasteiger partial charge in [0.15, 0.2) is 5.17 Å². The molecule has 1 fully saturated rings. The van der Waals surface area contributed by atoms with Crippen LogP contribution in [0.1, 0.15) is 41.7 Å². The second kappa shape index (κ2) is 9.58. The summed E-state index contributed by atoms with van der Waals surface area (Å²) in [6.45, 7) is 8.41. The van der Waals surface area contributed by atoms with Gasteiger partial charge in [0.1, 0.15) is 0 Å². The van der Waals surface area contributed by atoms with Crippen molar-refractivity contribution in [3.8, 4) is 0 Å². The fourth-order valence-electron chi connectivity index (χ4n) is 3.63. The van der Waals surface area contributed by atoms with Gasteiger partial charge in [0.05, 0.1) is 16.3 Å². The molecule has 0 N–H and O–H groups in total. The first-order valence-corrected chi connectivity index (χ1v) is 11.9. The maximum absolute atomic E-state index is 13.5. The monoisotopic (exact) mass is 440 g/mol. The number of amidine groups is 1. The predicted molar refractivity (Wildman–Crippen MR) is 138 cm³/mol. The van der Waals surface area contributed by atoms with Gasteiger partial charge in [0, 0.05) is 0 Å². The van der Waals surface area contributed by atoms with Crippen LogP contribution in [0.15, 0.2) is 76.6 Å². The number of rotatable bonds is 5. The number of aryl methyl sites for hydroxylation is 4. The van der Waals surface area contributed by atoms with Gasteiger partial charge in [-0.3, -0.25) is 9.69 Å². The minimum atomic E-state index is -0.0379. The molecule has 1 amide bonds. The van der Waals surface area contributed by atoms with E-state index in [1.165, 1.54) is 28.5 Å². The number of carbonyl (C=O) groups excluding carboxylic acids is 1. The molecule has 0 radical (unpaired) electrons. The van der Waals surface area contributed by atoms with Crippen molar-refractivity contribution in [3.05, 3.63) is 99.5 Å². The van der Waals surface area contributed by atoms with Crippen LogP contribution in [0.2, 0.25) is 0 Å². The normalized spacial score (nSPS) is 16.4. The minimum absolute atomic E-state index is 0.0379. The Kier molecular flexibility index (Phi) is 6.61. The molecule has 1 saturated heterocycles. The lowest BCUT2D eigenvalue weighted by Gasteiger charge is -2.16. The third-order valence-corrected chi connectivity index (χ3v) is 6.67. The van der Waals surface area contributed by atoms with E-state index in [9.17, 15) is 4.79 Å². The standard InChI is InChI=1S/C28H28N2OS/c1-5-21-9-13-24(14-10-21)29-28-30(25-15-11-22(6-2)12-16-25)27(31)26(32-28)18-23-17-19(3)7-8-20(23)4/h7-18H,5-6H2,1-4H3/b26-18-,29-28?. The minimum Gasteiger partial charge on any atom is -0.268 e. The van der Waals surface area contributed by atoms with Crippen molar-refractivity contribution in [1.29, 1.82) is 0 Å². The quantitative estimate of drug-likeness (QED) is 0.392. The molecule has 32 heavy (non-hydrogen) atoms. The molecule has 1 aliphatic rings. The molecule has 4 heteroatoms. The van der Waals surface area contributed by atoms with E-state index >= 15 is 0 Å². The van der Waals surface area contributed by atoms with Gasteiger partial charge in [-0.2, -0.15) is 0 Å². The highest BCUT2D eigenvalue weighted by molar-refractivity contribution is 8.19. The van der Waals surface area contributed by atoms with Crippen LogP contribution in [-0.2, 0) is 17.6 Å². The Morgan fingerprint density at radius 2 is 1.50 bits per heavy atom. The molecule has 162 valence electrons. The molecule has 3 aromatic rings. The topological polar surface area (TPSA) is 32.7 Å². The molecule has 1 heterocycles. The number of nitrogens with zero attached hydrogens (tertiary/aromatic N) is 2. The summed E-state index contributed by atoms with van der Waals surface area (Å²) >= 11 is 1.43. The molecule has 0 aliphatic carbocycles. The zero-order valence-corrected chi connectivity index (χ0v) is 19.9. The van der Waals surface area contributed by atoms with E-state index in [4.69, 9.17) is 4.99 Å². The largest absolute Gasteiger partial charge is 0.271 e. The van der Waals surface area contributed by atoms with Crippen molar-refractivity contribution >= 4 is 40.3 Å². The smallest absolute Gasteiger partial charge is 0.268 e. The first-order chi connectivity index (χ1) is 15.5. The second-order valence-electron chi connectivity index (χ2n) is 8.05. The third kappa shape index (κ3) is 4.71. The fourth-order valence-corrected chi connectivity index (χ4v) is 4.62. The van der Waals surface area contributed by atoms with Gasteiger partial charge in [0.2, 0.25) is 0 Å². The Hall–Kier alpha value is -3.11. The zero-order chi connectivity index (χ0) is 22.7. The Bertz CT molecular complexity index is 1190. The van der Waals surface area contributed by atoms with Crippen LogP contribution in [0.5, 0.6) is 0 Å². The second-order valence-corrected chi connectivity index (χ2v) is 9.05. The molecule has 3 aromatic carbocycles. The van der Waals surface area contributed by atoms with Gasteiger partial charge in [0.25, 0.3) is 5.91 Å². The van der Waals surface area contributed by atoms with Gasteiger partial charge in [-0.25, -0.2) is 4.99 Å². The van der Waals surface area contributed by atoms with Crippen molar-refractivity contribution in [3.63, 3.8) is 0 Å². The zero-order valence-electron chi connectivity index (χ0n) is 19.1. The van der Waals surface area contributed by atoms with E-state index in [0.29, 0.717) is 10.1 Å². The molecule has 0 unspecified atom stereocenters.